The Hall–Kier alpha value is -2.35. The van der Waals surface area contributed by atoms with Crippen LogP contribution in [0.15, 0.2) is 36.4 Å². The lowest BCUT2D eigenvalue weighted by Gasteiger charge is -2.15. The fraction of sp³-hybridized carbons (Fsp3) is 0.400. The Labute approximate surface area is 168 Å². The molecule has 1 unspecified atom stereocenters. The maximum atomic E-state index is 10.7. The van der Waals surface area contributed by atoms with Crippen LogP contribution < -0.4 is 14.8 Å². The van der Waals surface area contributed by atoms with Gasteiger partial charge in [0.05, 0.1) is 18.1 Å². The SMILES string of the molecule is COc1cc(CNCC2CCCO2)c(Cl)cc1OCc1ccc([N+](=O)[O-])cc1. The number of hydrogen-bond acceptors (Lipinski definition) is 6. The monoisotopic (exact) mass is 406 g/mol. The predicted octanol–water partition coefficient (Wildman–Crippen LogP) is 4.10. The molecule has 1 N–H and O–H groups in total. The Balaban J connectivity index is 1.60. The number of hydrogen-bond donors (Lipinski definition) is 1. The Morgan fingerprint density at radius 3 is 2.71 bits per heavy atom. The molecule has 1 heterocycles. The quantitative estimate of drug-likeness (QED) is 0.498. The summed E-state index contributed by atoms with van der Waals surface area (Å²) in [6, 6.07) is 9.81. The molecular formula is C20H23ClN2O5. The molecule has 0 amide bonds. The first-order chi connectivity index (χ1) is 13.6. The summed E-state index contributed by atoms with van der Waals surface area (Å²) in [7, 11) is 1.57. The van der Waals surface area contributed by atoms with Gasteiger partial charge >= 0.3 is 0 Å². The van der Waals surface area contributed by atoms with Gasteiger partial charge < -0.3 is 19.5 Å². The van der Waals surface area contributed by atoms with Gasteiger partial charge in [0, 0.05) is 42.9 Å². The van der Waals surface area contributed by atoms with E-state index in [2.05, 4.69) is 5.32 Å². The minimum absolute atomic E-state index is 0.0456. The largest absolute Gasteiger partial charge is 0.493 e. The van der Waals surface area contributed by atoms with Crippen molar-refractivity contribution in [3.8, 4) is 11.5 Å². The molecule has 3 rings (SSSR count). The van der Waals surface area contributed by atoms with Gasteiger partial charge in [-0.3, -0.25) is 10.1 Å². The molecule has 0 aliphatic carbocycles. The molecule has 0 bridgehead atoms. The second kappa shape index (κ2) is 9.73. The van der Waals surface area contributed by atoms with Gasteiger partial charge in [-0.05, 0) is 42.2 Å². The lowest BCUT2D eigenvalue weighted by molar-refractivity contribution is -0.384. The summed E-state index contributed by atoms with van der Waals surface area (Å²) >= 11 is 6.41. The van der Waals surface area contributed by atoms with Crippen LogP contribution in [-0.4, -0.2) is 31.3 Å². The van der Waals surface area contributed by atoms with Gasteiger partial charge in [-0.2, -0.15) is 0 Å². The number of nitrogens with one attached hydrogen (secondary N) is 1. The summed E-state index contributed by atoms with van der Waals surface area (Å²) in [5, 5.41) is 14.7. The topological polar surface area (TPSA) is 82.9 Å². The normalized spacial score (nSPS) is 16.1. The molecule has 7 nitrogen and oxygen atoms in total. The first kappa shape index (κ1) is 20.4. The summed E-state index contributed by atoms with van der Waals surface area (Å²) < 4.78 is 16.9. The van der Waals surface area contributed by atoms with Crippen LogP contribution in [0, 0.1) is 10.1 Å². The van der Waals surface area contributed by atoms with E-state index in [1.165, 1.54) is 12.1 Å². The van der Waals surface area contributed by atoms with Gasteiger partial charge in [0.15, 0.2) is 11.5 Å². The summed E-state index contributed by atoms with van der Waals surface area (Å²) in [4.78, 5) is 10.3. The molecule has 1 fully saturated rings. The lowest BCUT2D eigenvalue weighted by atomic mass is 10.1. The third kappa shape index (κ3) is 5.34. The standard InChI is InChI=1S/C20H23ClN2O5/c1-26-19-9-15(11-22-12-17-3-2-8-27-17)18(21)10-20(19)28-13-14-4-6-16(7-5-14)23(24)25/h4-7,9-10,17,22H,2-3,8,11-13H2,1H3. The van der Waals surface area contributed by atoms with Crippen LogP contribution in [0.4, 0.5) is 5.69 Å². The molecule has 0 radical (unpaired) electrons. The highest BCUT2D eigenvalue weighted by Gasteiger charge is 2.16. The van der Waals surface area contributed by atoms with Gasteiger partial charge in [-0.15, -0.1) is 0 Å². The number of rotatable bonds is 9. The van der Waals surface area contributed by atoms with Crippen LogP contribution in [0.1, 0.15) is 24.0 Å². The summed E-state index contributed by atoms with van der Waals surface area (Å²) in [5.74, 6) is 1.11. The highest BCUT2D eigenvalue weighted by atomic mass is 35.5. The minimum Gasteiger partial charge on any atom is -0.493 e. The minimum atomic E-state index is -0.432. The molecule has 0 aromatic heterocycles. The predicted molar refractivity (Wildman–Crippen MR) is 106 cm³/mol. The van der Waals surface area contributed by atoms with E-state index in [-0.39, 0.29) is 18.4 Å². The van der Waals surface area contributed by atoms with E-state index < -0.39 is 4.92 Å². The van der Waals surface area contributed by atoms with Crippen molar-refractivity contribution in [1.29, 1.82) is 0 Å². The van der Waals surface area contributed by atoms with Gasteiger partial charge in [-0.25, -0.2) is 0 Å². The molecule has 28 heavy (non-hydrogen) atoms. The molecule has 1 saturated heterocycles. The number of methoxy groups -OCH3 is 1. The average Bonchev–Trinajstić information content (AvgIpc) is 3.21. The lowest BCUT2D eigenvalue weighted by Crippen LogP contribution is -2.25. The third-order valence-corrected chi connectivity index (χ3v) is 4.94. The van der Waals surface area contributed by atoms with Crippen molar-refractivity contribution >= 4 is 17.3 Å². The fourth-order valence-corrected chi connectivity index (χ4v) is 3.25. The Kier molecular flexibility index (Phi) is 7.08. The average molecular weight is 407 g/mol. The van der Waals surface area contributed by atoms with Crippen molar-refractivity contribution in [2.75, 3.05) is 20.3 Å². The first-order valence-electron chi connectivity index (χ1n) is 9.11. The van der Waals surface area contributed by atoms with E-state index in [4.69, 9.17) is 25.8 Å². The maximum absolute atomic E-state index is 10.7. The fourth-order valence-electron chi connectivity index (χ4n) is 3.03. The van der Waals surface area contributed by atoms with Crippen molar-refractivity contribution in [2.45, 2.75) is 32.1 Å². The van der Waals surface area contributed by atoms with E-state index >= 15 is 0 Å². The number of ether oxygens (including phenoxy) is 3. The van der Waals surface area contributed by atoms with E-state index in [1.807, 2.05) is 6.07 Å². The van der Waals surface area contributed by atoms with Gasteiger partial charge in [0.25, 0.3) is 5.69 Å². The van der Waals surface area contributed by atoms with Gasteiger partial charge in [0.2, 0.25) is 0 Å². The second-order valence-electron chi connectivity index (χ2n) is 6.57. The summed E-state index contributed by atoms with van der Waals surface area (Å²) in [6.07, 6.45) is 2.46. The molecule has 0 saturated carbocycles. The Morgan fingerprint density at radius 2 is 2.07 bits per heavy atom. The van der Waals surface area contributed by atoms with Crippen LogP contribution in [0.2, 0.25) is 5.02 Å². The number of nitro benzene ring substituents is 1. The van der Waals surface area contributed by atoms with Gasteiger partial charge in [-0.1, -0.05) is 11.6 Å². The molecule has 0 spiro atoms. The van der Waals surface area contributed by atoms with Crippen LogP contribution >= 0.6 is 11.6 Å². The second-order valence-corrected chi connectivity index (χ2v) is 6.98. The third-order valence-electron chi connectivity index (χ3n) is 4.59. The van der Waals surface area contributed by atoms with E-state index in [0.717, 1.165) is 37.1 Å². The molecule has 150 valence electrons. The van der Waals surface area contributed by atoms with Crippen molar-refractivity contribution in [1.82, 2.24) is 5.32 Å². The zero-order valence-corrected chi connectivity index (χ0v) is 16.4. The number of non-ortho nitro benzene ring substituents is 1. The molecule has 2 aromatic rings. The van der Waals surface area contributed by atoms with Crippen LogP contribution in [0.3, 0.4) is 0 Å². The number of nitro groups is 1. The molecule has 1 atom stereocenters. The van der Waals surface area contributed by atoms with Crippen molar-refractivity contribution in [2.24, 2.45) is 0 Å². The zero-order chi connectivity index (χ0) is 19.9. The van der Waals surface area contributed by atoms with Crippen LogP contribution in [-0.2, 0) is 17.9 Å². The maximum Gasteiger partial charge on any atom is 0.269 e. The number of halogens is 1. The molecule has 1 aliphatic heterocycles. The summed E-state index contributed by atoms with van der Waals surface area (Å²) in [6.45, 7) is 2.48. The van der Waals surface area contributed by atoms with Gasteiger partial charge in [0.1, 0.15) is 6.61 Å². The molecule has 1 aliphatic rings. The van der Waals surface area contributed by atoms with Crippen molar-refractivity contribution in [3.63, 3.8) is 0 Å². The van der Waals surface area contributed by atoms with Crippen LogP contribution in [0.25, 0.3) is 0 Å². The van der Waals surface area contributed by atoms with Crippen molar-refractivity contribution in [3.05, 3.63) is 62.7 Å². The smallest absolute Gasteiger partial charge is 0.269 e. The highest BCUT2D eigenvalue weighted by molar-refractivity contribution is 6.31. The highest BCUT2D eigenvalue weighted by Crippen LogP contribution is 2.34. The Bertz CT molecular complexity index is 807. The molecule has 8 heteroatoms. The molecular weight excluding hydrogens is 384 g/mol. The Morgan fingerprint density at radius 1 is 1.29 bits per heavy atom. The van der Waals surface area contributed by atoms with E-state index in [1.54, 1.807) is 25.3 Å². The van der Waals surface area contributed by atoms with Crippen molar-refractivity contribution < 1.29 is 19.1 Å². The van der Waals surface area contributed by atoms with E-state index in [0.29, 0.717) is 23.1 Å². The summed E-state index contributed by atoms with van der Waals surface area (Å²) in [5.41, 5.74) is 1.77. The number of benzene rings is 2. The van der Waals surface area contributed by atoms with E-state index in [9.17, 15) is 10.1 Å². The number of nitrogens with zero attached hydrogens (tertiary/aromatic N) is 1. The molecule has 2 aromatic carbocycles. The first-order valence-corrected chi connectivity index (χ1v) is 9.49. The zero-order valence-electron chi connectivity index (χ0n) is 15.7. The van der Waals surface area contributed by atoms with Crippen LogP contribution in [0.5, 0.6) is 11.5 Å².